The summed E-state index contributed by atoms with van der Waals surface area (Å²) in [4.78, 5) is 9.01. The van der Waals surface area contributed by atoms with E-state index in [0.29, 0.717) is 18.3 Å². The number of anilines is 1. The number of hydrogen-bond acceptors (Lipinski definition) is 7. The number of benzene rings is 1. The molecule has 3 aromatic heterocycles. The first kappa shape index (κ1) is 15.6. The number of rotatable bonds is 6. The van der Waals surface area contributed by atoms with Gasteiger partial charge < -0.3 is 9.84 Å². The second kappa shape index (κ2) is 6.94. The predicted molar refractivity (Wildman–Crippen MR) is 97.3 cm³/mol. The monoisotopic (exact) mass is 352 g/mol. The molecule has 126 valence electrons. The highest BCUT2D eigenvalue weighted by molar-refractivity contribution is 7.97. The Morgan fingerprint density at radius 2 is 2.04 bits per heavy atom. The zero-order valence-electron chi connectivity index (χ0n) is 13.6. The van der Waals surface area contributed by atoms with E-state index in [2.05, 4.69) is 25.5 Å². The van der Waals surface area contributed by atoms with Crippen molar-refractivity contribution in [3.63, 3.8) is 0 Å². The van der Waals surface area contributed by atoms with Gasteiger partial charge in [0.15, 0.2) is 11.5 Å². The molecule has 3 heterocycles. The number of hydrogen-bond donors (Lipinski definition) is 1. The Balaban J connectivity index is 1.62. The lowest BCUT2D eigenvalue weighted by atomic mass is 10.1. The minimum absolute atomic E-state index is 0.425. The molecule has 0 bridgehead atoms. The fourth-order valence-corrected chi connectivity index (χ4v) is 2.89. The molecule has 0 atom stereocenters. The van der Waals surface area contributed by atoms with Crippen LogP contribution in [0, 0.1) is 0 Å². The average Bonchev–Trinajstić information content (AvgIpc) is 3.30. The van der Waals surface area contributed by atoms with Gasteiger partial charge in [0.2, 0.25) is 5.89 Å². The summed E-state index contributed by atoms with van der Waals surface area (Å²) >= 11 is 1.66. The molecule has 0 fully saturated rings. The van der Waals surface area contributed by atoms with Gasteiger partial charge in [-0.1, -0.05) is 35.5 Å². The molecule has 1 N–H and O–H groups in total. The SMILES string of the molecule is CSCc1noc(CNc2cc(-c3ccccc3)nc3ccnn23)n1. The van der Waals surface area contributed by atoms with E-state index in [1.165, 1.54) is 0 Å². The molecule has 0 aliphatic rings. The first-order valence-electron chi connectivity index (χ1n) is 7.78. The summed E-state index contributed by atoms with van der Waals surface area (Å²) in [5.74, 6) is 2.80. The van der Waals surface area contributed by atoms with Crippen LogP contribution in [-0.2, 0) is 12.3 Å². The van der Waals surface area contributed by atoms with Gasteiger partial charge in [0.25, 0.3) is 0 Å². The molecule has 0 unspecified atom stereocenters. The first-order chi connectivity index (χ1) is 12.3. The largest absolute Gasteiger partial charge is 0.361 e. The lowest BCUT2D eigenvalue weighted by Gasteiger charge is -2.09. The molecule has 0 saturated carbocycles. The van der Waals surface area contributed by atoms with E-state index in [1.54, 1.807) is 22.5 Å². The van der Waals surface area contributed by atoms with E-state index < -0.39 is 0 Å². The van der Waals surface area contributed by atoms with E-state index in [1.807, 2.05) is 48.7 Å². The van der Waals surface area contributed by atoms with Crippen molar-refractivity contribution in [2.24, 2.45) is 0 Å². The fourth-order valence-electron chi connectivity index (χ4n) is 2.51. The van der Waals surface area contributed by atoms with Gasteiger partial charge >= 0.3 is 0 Å². The smallest absolute Gasteiger partial charge is 0.246 e. The van der Waals surface area contributed by atoms with Crippen LogP contribution in [0.5, 0.6) is 0 Å². The highest BCUT2D eigenvalue weighted by atomic mass is 32.2. The lowest BCUT2D eigenvalue weighted by molar-refractivity contribution is 0.379. The van der Waals surface area contributed by atoms with Crippen molar-refractivity contribution in [1.29, 1.82) is 0 Å². The Labute approximate surface area is 148 Å². The van der Waals surface area contributed by atoms with Gasteiger partial charge in [0.1, 0.15) is 5.82 Å². The average molecular weight is 352 g/mol. The van der Waals surface area contributed by atoms with Crippen LogP contribution < -0.4 is 5.32 Å². The van der Waals surface area contributed by atoms with Gasteiger partial charge in [-0.25, -0.2) is 4.98 Å². The van der Waals surface area contributed by atoms with E-state index in [-0.39, 0.29) is 0 Å². The Morgan fingerprint density at radius 1 is 1.16 bits per heavy atom. The number of nitrogens with zero attached hydrogens (tertiary/aromatic N) is 5. The van der Waals surface area contributed by atoms with Gasteiger partial charge in [0.05, 0.1) is 24.2 Å². The maximum absolute atomic E-state index is 5.27. The van der Waals surface area contributed by atoms with Crippen LogP contribution in [0.25, 0.3) is 16.9 Å². The second-order valence-corrected chi connectivity index (χ2v) is 6.25. The van der Waals surface area contributed by atoms with Gasteiger partial charge in [0, 0.05) is 17.7 Å². The van der Waals surface area contributed by atoms with Crippen LogP contribution >= 0.6 is 11.8 Å². The Bertz CT molecular complexity index is 981. The highest BCUT2D eigenvalue weighted by Crippen LogP contribution is 2.22. The summed E-state index contributed by atoms with van der Waals surface area (Å²) in [5.41, 5.74) is 2.71. The van der Waals surface area contributed by atoms with E-state index in [4.69, 9.17) is 4.52 Å². The minimum atomic E-state index is 0.425. The van der Waals surface area contributed by atoms with Gasteiger partial charge in [-0.05, 0) is 6.26 Å². The summed E-state index contributed by atoms with van der Waals surface area (Å²) in [5, 5.41) is 11.6. The molecule has 0 radical (unpaired) electrons. The van der Waals surface area contributed by atoms with E-state index >= 15 is 0 Å². The predicted octanol–water partition coefficient (Wildman–Crippen LogP) is 3.25. The highest BCUT2D eigenvalue weighted by Gasteiger charge is 2.10. The van der Waals surface area contributed by atoms with Crippen LogP contribution in [0.1, 0.15) is 11.7 Å². The molecule has 7 nitrogen and oxygen atoms in total. The minimum Gasteiger partial charge on any atom is -0.361 e. The molecule has 4 aromatic rings. The molecule has 1 aromatic carbocycles. The molecule has 0 aliphatic heterocycles. The molecule has 4 rings (SSSR count). The molecular weight excluding hydrogens is 336 g/mol. The van der Waals surface area contributed by atoms with Crippen molar-refractivity contribution in [3.05, 3.63) is 60.4 Å². The normalized spacial score (nSPS) is 11.1. The standard InChI is InChI=1S/C17H16N6OS/c1-25-11-14-21-17(24-22-14)10-18-16-9-13(12-5-3-2-4-6-12)20-15-7-8-19-23(15)16/h2-9,18H,10-11H2,1H3. The summed E-state index contributed by atoms with van der Waals surface area (Å²) in [6.07, 6.45) is 3.73. The maximum atomic E-state index is 5.27. The van der Waals surface area contributed by atoms with Crippen LogP contribution in [0.15, 0.2) is 53.2 Å². The van der Waals surface area contributed by atoms with Gasteiger partial charge in [-0.15, -0.1) is 0 Å². The van der Waals surface area contributed by atoms with Crippen molar-refractivity contribution in [3.8, 4) is 11.3 Å². The van der Waals surface area contributed by atoms with Crippen molar-refractivity contribution < 1.29 is 4.52 Å². The van der Waals surface area contributed by atoms with Crippen molar-refractivity contribution in [1.82, 2.24) is 24.7 Å². The molecule has 0 amide bonds. The first-order valence-corrected chi connectivity index (χ1v) is 9.17. The third-order valence-electron chi connectivity index (χ3n) is 3.63. The van der Waals surface area contributed by atoms with Crippen LogP contribution in [-0.4, -0.2) is 31.0 Å². The molecule has 8 heteroatoms. The molecule has 0 saturated heterocycles. The van der Waals surface area contributed by atoms with Crippen LogP contribution in [0.2, 0.25) is 0 Å². The van der Waals surface area contributed by atoms with Gasteiger partial charge in [-0.2, -0.15) is 26.4 Å². The lowest BCUT2D eigenvalue weighted by Crippen LogP contribution is -2.07. The summed E-state index contributed by atoms with van der Waals surface area (Å²) in [6, 6.07) is 13.9. The van der Waals surface area contributed by atoms with Crippen LogP contribution in [0.4, 0.5) is 5.82 Å². The Morgan fingerprint density at radius 3 is 2.88 bits per heavy atom. The summed E-state index contributed by atoms with van der Waals surface area (Å²) < 4.78 is 7.02. The fraction of sp³-hybridized carbons (Fsp3) is 0.176. The molecule has 0 spiro atoms. The number of fused-ring (bicyclic) bond motifs is 1. The van der Waals surface area contributed by atoms with Gasteiger partial charge in [-0.3, -0.25) is 0 Å². The quantitative estimate of drug-likeness (QED) is 0.570. The maximum Gasteiger partial charge on any atom is 0.246 e. The Kier molecular flexibility index (Phi) is 4.34. The zero-order chi connectivity index (χ0) is 17.1. The number of thioether (sulfide) groups is 1. The number of aromatic nitrogens is 5. The van der Waals surface area contributed by atoms with Crippen molar-refractivity contribution >= 4 is 23.2 Å². The van der Waals surface area contributed by atoms with E-state index in [0.717, 1.165) is 28.5 Å². The van der Waals surface area contributed by atoms with Crippen molar-refractivity contribution in [2.45, 2.75) is 12.3 Å². The molecule has 0 aliphatic carbocycles. The third kappa shape index (κ3) is 3.34. The summed E-state index contributed by atoms with van der Waals surface area (Å²) in [7, 11) is 0. The van der Waals surface area contributed by atoms with Crippen molar-refractivity contribution in [2.75, 3.05) is 11.6 Å². The molecule has 25 heavy (non-hydrogen) atoms. The molecular formula is C17H16N6OS. The van der Waals surface area contributed by atoms with Crippen LogP contribution in [0.3, 0.4) is 0 Å². The Hall–Kier alpha value is -2.87. The summed E-state index contributed by atoms with van der Waals surface area (Å²) in [6.45, 7) is 0.425. The number of nitrogens with one attached hydrogen (secondary N) is 1. The topological polar surface area (TPSA) is 81.1 Å². The zero-order valence-corrected chi connectivity index (χ0v) is 14.4. The van der Waals surface area contributed by atoms with E-state index in [9.17, 15) is 0 Å². The second-order valence-electron chi connectivity index (χ2n) is 5.38. The third-order valence-corrected chi connectivity index (χ3v) is 4.18.